The van der Waals surface area contributed by atoms with Crippen LogP contribution in [0.5, 0.6) is 0 Å². The van der Waals surface area contributed by atoms with E-state index in [1.54, 1.807) is 18.0 Å². The van der Waals surface area contributed by atoms with Gasteiger partial charge in [-0.05, 0) is 14.0 Å². The molecule has 0 aromatic carbocycles. The number of aryl methyl sites for hydroxylation is 2. The van der Waals surface area contributed by atoms with Gasteiger partial charge in [0.15, 0.2) is 0 Å². The van der Waals surface area contributed by atoms with Crippen molar-refractivity contribution in [3.63, 3.8) is 0 Å². The normalized spacial score (nSPS) is 17.8. The van der Waals surface area contributed by atoms with Gasteiger partial charge < -0.3 is 19.2 Å². The molecule has 2 aromatic rings. The third-order valence-corrected chi connectivity index (χ3v) is 5.59. The maximum atomic E-state index is 13.1. The van der Waals surface area contributed by atoms with Gasteiger partial charge in [-0.1, -0.05) is 0 Å². The highest BCUT2D eigenvalue weighted by atomic mass is 35.5. The Bertz CT molecular complexity index is 892. The van der Waals surface area contributed by atoms with Crippen molar-refractivity contribution in [3.05, 3.63) is 35.6 Å². The SMILES string of the molecule is CNS(=O)(=O)c1cc(C(=O)N2CCNCC2c2nccn2C)c(C)o1.Cl. The minimum atomic E-state index is -3.74. The van der Waals surface area contributed by atoms with Crippen molar-refractivity contribution in [2.24, 2.45) is 7.05 Å². The summed E-state index contributed by atoms with van der Waals surface area (Å²) in [5.41, 5.74) is 0.245. The lowest BCUT2D eigenvalue weighted by molar-refractivity contribution is 0.0619. The Morgan fingerprint density at radius 3 is 2.81 bits per heavy atom. The van der Waals surface area contributed by atoms with Crippen molar-refractivity contribution < 1.29 is 17.6 Å². The van der Waals surface area contributed by atoms with Gasteiger partial charge in [0.2, 0.25) is 5.09 Å². The molecule has 0 radical (unpaired) electrons. The molecule has 1 saturated heterocycles. The van der Waals surface area contributed by atoms with Gasteiger partial charge in [-0.25, -0.2) is 18.1 Å². The molecule has 3 heterocycles. The lowest BCUT2D eigenvalue weighted by atomic mass is 10.1. The fourth-order valence-corrected chi connectivity index (χ4v) is 3.64. The quantitative estimate of drug-likeness (QED) is 0.766. The Balaban J connectivity index is 0.00000243. The van der Waals surface area contributed by atoms with Crippen LogP contribution in [0, 0.1) is 6.92 Å². The van der Waals surface area contributed by atoms with E-state index in [1.165, 1.54) is 13.1 Å². The summed E-state index contributed by atoms with van der Waals surface area (Å²) in [5.74, 6) is 0.772. The second-order valence-corrected chi connectivity index (χ2v) is 7.68. The van der Waals surface area contributed by atoms with Gasteiger partial charge in [0.05, 0.1) is 5.56 Å². The first-order valence-corrected chi connectivity index (χ1v) is 9.36. The van der Waals surface area contributed by atoms with E-state index in [0.29, 0.717) is 19.6 Å². The van der Waals surface area contributed by atoms with Gasteiger partial charge in [0, 0.05) is 45.1 Å². The molecule has 0 spiro atoms. The molecule has 1 fully saturated rings. The summed E-state index contributed by atoms with van der Waals surface area (Å²) >= 11 is 0. The van der Waals surface area contributed by atoms with E-state index in [4.69, 9.17) is 4.42 Å². The first kappa shape index (κ1) is 20.4. The predicted molar refractivity (Wildman–Crippen MR) is 96.8 cm³/mol. The van der Waals surface area contributed by atoms with E-state index in [2.05, 4.69) is 15.0 Å². The molecule has 3 rings (SSSR count). The van der Waals surface area contributed by atoms with Crippen LogP contribution in [0.25, 0.3) is 0 Å². The van der Waals surface area contributed by atoms with Gasteiger partial charge >= 0.3 is 0 Å². The number of piperazine rings is 1. The Labute approximate surface area is 158 Å². The monoisotopic (exact) mass is 403 g/mol. The van der Waals surface area contributed by atoms with Crippen molar-refractivity contribution in [2.75, 3.05) is 26.7 Å². The zero-order valence-corrected chi connectivity index (χ0v) is 16.4. The standard InChI is InChI=1S/C15H21N5O4S.ClH/c1-10-11(8-13(24-10)25(22,23)16-2)15(21)20-7-4-17-9-12(20)14-18-5-6-19(14)3;/h5-6,8,12,16-17H,4,7,9H2,1-3H3;1H. The Morgan fingerprint density at radius 1 is 1.46 bits per heavy atom. The maximum absolute atomic E-state index is 13.1. The number of aromatic nitrogens is 2. The maximum Gasteiger partial charge on any atom is 0.273 e. The number of imidazole rings is 1. The van der Waals surface area contributed by atoms with Gasteiger partial charge in [-0.15, -0.1) is 12.4 Å². The number of carbonyl (C=O) groups excluding carboxylic acids is 1. The number of halogens is 1. The van der Waals surface area contributed by atoms with Crippen molar-refractivity contribution >= 4 is 28.3 Å². The fraction of sp³-hybridized carbons (Fsp3) is 0.467. The summed E-state index contributed by atoms with van der Waals surface area (Å²) in [4.78, 5) is 19.1. The van der Waals surface area contributed by atoms with Crippen molar-refractivity contribution in [1.29, 1.82) is 0 Å². The molecule has 1 amide bonds. The van der Waals surface area contributed by atoms with Crippen LogP contribution in [-0.4, -0.2) is 55.5 Å². The second-order valence-electron chi connectivity index (χ2n) is 5.86. The molecule has 0 aliphatic carbocycles. The summed E-state index contributed by atoms with van der Waals surface area (Å²) in [6, 6.07) is 1.04. The van der Waals surface area contributed by atoms with E-state index in [0.717, 1.165) is 5.82 Å². The van der Waals surface area contributed by atoms with Crippen molar-refractivity contribution in [2.45, 2.75) is 18.1 Å². The zero-order valence-electron chi connectivity index (χ0n) is 14.7. The number of nitrogens with zero attached hydrogens (tertiary/aromatic N) is 3. The van der Waals surface area contributed by atoms with Crippen LogP contribution in [0.15, 0.2) is 28.0 Å². The van der Waals surface area contributed by atoms with E-state index < -0.39 is 10.0 Å². The van der Waals surface area contributed by atoms with Gasteiger partial charge in [-0.2, -0.15) is 0 Å². The molecule has 1 atom stereocenters. The van der Waals surface area contributed by atoms with Crippen LogP contribution >= 0.6 is 12.4 Å². The number of sulfonamides is 1. The first-order valence-electron chi connectivity index (χ1n) is 7.88. The molecule has 0 saturated carbocycles. The third-order valence-electron chi connectivity index (χ3n) is 4.32. The van der Waals surface area contributed by atoms with Crippen LogP contribution in [0.4, 0.5) is 0 Å². The molecule has 2 N–H and O–H groups in total. The highest BCUT2D eigenvalue weighted by Gasteiger charge is 2.33. The minimum Gasteiger partial charge on any atom is -0.448 e. The molecule has 1 unspecified atom stereocenters. The van der Waals surface area contributed by atoms with Crippen LogP contribution in [0.2, 0.25) is 0 Å². The Morgan fingerprint density at radius 2 is 2.19 bits per heavy atom. The zero-order chi connectivity index (χ0) is 18.2. The molecule has 9 nitrogen and oxygen atoms in total. The fourth-order valence-electron chi connectivity index (χ4n) is 2.93. The number of carbonyl (C=O) groups is 1. The number of nitrogens with one attached hydrogen (secondary N) is 2. The highest BCUT2D eigenvalue weighted by molar-refractivity contribution is 7.89. The topological polar surface area (TPSA) is 109 Å². The molecule has 1 aliphatic heterocycles. The Hall–Kier alpha value is -1.88. The minimum absolute atomic E-state index is 0. The predicted octanol–water partition coefficient (Wildman–Crippen LogP) is 0.438. The smallest absolute Gasteiger partial charge is 0.273 e. The first-order chi connectivity index (χ1) is 11.8. The summed E-state index contributed by atoms with van der Waals surface area (Å²) in [7, 11) is -0.575. The van der Waals surface area contributed by atoms with Crippen molar-refractivity contribution in [3.8, 4) is 0 Å². The lowest BCUT2D eigenvalue weighted by Crippen LogP contribution is -2.49. The molecule has 1 aliphatic rings. The van der Waals surface area contributed by atoms with Crippen LogP contribution in [0.3, 0.4) is 0 Å². The number of hydrogen-bond acceptors (Lipinski definition) is 6. The molecule has 0 bridgehead atoms. The average molecular weight is 404 g/mol. The number of hydrogen-bond donors (Lipinski definition) is 2. The summed E-state index contributed by atoms with van der Waals surface area (Å²) in [6.45, 7) is 3.31. The van der Waals surface area contributed by atoms with Gasteiger partial charge in [0.1, 0.15) is 17.6 Å². The molecule has 11 heteroatoms. The molecular formula is C15H22ClN5O4S. The van der Waals surface area contributed by atoms with E-state index in [9.17, 15) is 13.2 Å². The third kappa shape index (κ3) is 3.63. The van der Waals surface area contributed by atoms with Crippen LogP contribution in [0.1, 0.15) is 28.0 Å². The average Bonchev–Trinajstić information content (AvgIpc) is 3.20. The highest BCUT2D eigenvalue weighted by Crippen LogP contribution is 2.26. The van der Waals surface area contributed by atoms with E-state index >= 15 is 0 Å². The van der Waals surface area contributed by atoms with Crippen molar-refractivity contribution in [1.82, 2.24) is 24.5 Å². The Kier molecular flexibility index (Phi) is 6.12. The number of furan rings is 1. The van der Waals surface area contributed by atoms with Gasteiger partial charge in [-0.3, -0.25) is 4.79 Å². The lowest BCUT2D eigenvalue weighted by Gasteiger charge is -2.35. The van der Waals surface area contributed by atoms with Gasteiger partial charge in [0.25, 0.3) is 15.9 Å². The van der Waals surface area contributed by atoms with E-state index in [1.807, 2.05) is 17.8 Å². The molecule has 2 aromatic heterocycles. The molecular weight excluding hydrogens is 382 g/mol. The number of rotatable bonds is 4. The van der Waals surface area contributed by atoms with Crippen LogP contribution in [-0.2, 0) is 17.1 Å². The summed E-state index contributed by atoms with van der Waals surface area (Å²) < 4.78 is 33.2. The largest absolute Gasteiger partial charge is 0.448 e. The van der Waals surface area contributed by atoms with Crippen LogP contribution < -0.4 is 10.0 Å². The molecule has 26 heavy (non-hydrogen) atoms. The summed E-state index contributed by atoms with van der Waals surface area (Å²) in [5, 5.41) is 3.00. The molecule has 144 valence electrons. The summed E-state index contributed by atoms with van der Waals surface area (Å²) in [6.07, 6.45) is 3.51. The number of amides is 1. The van der Waals surface area contributed by atoms with E-state index in [-0.39, 0.29) is 40.8 Å². The second kappa shape index (κ2) is 7.78.